The Bertz CT molecular complexity index is 308. The maximum Gasteiger partial charge on any atom is 0.131 e. The standard InChI is InChI=1S/C11H16ClN3/c12-11-8-10(4-7-14-11)15-9-2-1-5-13-6-3-9/h4,7-9,13H,1-3,5-6H2,(H,14,15). The first-order chi connectivity index (χ1) is 7.34. The van der Waals surface area contributed by atoms with E-state index in [2.05, 4.69) is 15.6 Å². The number of nitrogens with one attached hydrogen (secondary N) is 2. The van der Waals surface area contributed by atoms with Crippen molar-refractivity contribution in [3.8, 4) is 0 Å². The predicted molar refractivity (Wildman–Crippen MR) is 63.4 cm³/mol. The summed E-state index contributed by atoms with van der Waals surface area (Å²) in [5, 5.41) is 7.44. The fourth-order valence-electron chi connectivity index (χ4n) is 1.89. The molecule has 0 radical (unpaired) electrons. The first-order valence-electron chi connectivity index (χ1n) is 5.43. The first-order valence-corrected chi connectivity index (χ1v) is 5.81. The Morgan fingerprint density at radius 3 is 3.20 bits per heavy atom. The lowest BCUT2D eigenvalue weighted by molar-refractivity contribution is 0.637. The molecule has 1 fully saturated rings. The average molecular weight is 226 g/mol. The summed E-state index contributed by atoms with van der Waals surface area (Å²) < 4.78 is 0. The van der Waals surface area contributed by atoms with Crippen LogP contribution in [-0.2, 0) is 0 Å². The molecule has 15 heavy (non-hydrogen) atoms. The van der Waals surface area contributed by atoms with Gasteiger partial charge in [0.25, 0.3) is 0 Å². The highest BCUT2D eigenvalue weighted by atomic mass is 35.5. The highest BCUT2D eigenvalue weighted by molar-refractivity contribution is 6.29. The van der Waals surface area contributed by atoms with Gasteiger partial charge in [0.1, 0.15) is 5.15 Å². The van der Waals surface area contributed by atoms with Crippen molar-refractivity contribution < 1.29 is 0 Å². The van der Waals surface area contributed by atoms with Gasteiger partial charge in [-0.2, -0.15) is 0 Å². The van der Waals surface area contributed by atoms with E-state index in [0.29, 0.717) is 11.2 Å². The van der Waals surface area contributed by atoms with Crippen LogP contribution in [0.1, 0.15) is 19.3 Å². The molecule has 1 atom stereocenters. The molecule has 0 aromatic carbocycles. The molecule has 0 aliphatic carbocycles. The second kappa shape index (κ2) is 5.33. The Hall–Kier alpha value is -0.800. The highest BCUT2D eigenvalue weighted by Gasteiger charge is 2.11. The van der Waals surface area contributed by atoms with E-state index in [-0.39, 0.29) is 0 Å². The highest BCUT2D eigenvalue weighted by Crippen LogP contribution is 2.16. The Balaban J connectivity index is 1.95. The Kier molecular flexibility index (Phi) is 3.80. The molecule has 2 heterocycles. The number of halogens is 1. The van der Waals surface area contributed by atoms with E-state index in [1.165, 1.54) is 19.3 Å². The SMILES string of the molecule is Clc1cc(NC2CCCNCC2)ccn1. The molecule has 3 nitrogen and oxygen atoms in total. The van der Waals surface area contributed by atoms with E-state index in [0.717, 1.165) is 18.8 Å². The van der Waals surface area contributed by atoms with Gasteiger partial charge in [0.05, 0.1) is 0 Å². The summed E-state index contributed by atoms with van der Waals surface area (Å²) in [5.41, 5.74) is 1.07. The van der Waals surface area contributed by atoms with Crippen LogP contribution in [-0.4, -0.2) is 24.1 Å². The van der Waals surface area contributed by atoms with Crippen molar-refractivity contribution in [2.75, 3.05) is 18.4 Å². The minimum Gasteiger partial charge on any atom is -0.382 e. The Morgan fingerprint density at radius 2 is 2.33 bits per heavy atom. The van der Waals surface area contributed by atoms with Crippen LogP contribution in [0.15, 0.2) is 18.3 Å². The third-order valence-electron chi connectivity index (χ3n) is 2.67. The molecular weight excluding hydrogens is 210 g/mol. The minimum absolute atomic E-state index is 0.548. The van der Waals surface area contributed by atoms with Crippen LogP contribution in [0, 0.1) is 0 Å². The number of aromatic nitrogens is 1. The van der Waals surface area contributed by atoms with Crippen molar-refractivity contribution in [2.24, 2.45) is 0 Å². The van der Waals surface area contributed by atoms with E-state index in [4.69, 9.17) is 11.6 Å². The molecule has 1 aliphatic heterocycles. The molecule has 4 heteroatoms. The van der Waals surface area contributed by atoms with Crippen molar-refractivity contribution in [3.63, 3.8) is 0 Å². The summed E-state index contributed by atoms with van der Waals surface area (Å²) in [7, 11) is 0. The van der Waals surface area contributed by atoms with E-state index in [9.17, 15) is 0 Å². The molecule has 0 saturated carbocycles. The van der Waals surface area contributed by atoms with Gasteiger partial charge >= 0.3 is 0 Å². The van der Waals surface area contributed by atoms with Gasteiger partial charge in [-0.1, -0.05) is 11.6 Å². The van der Waals surface area contributed by atoms with Crippen LogP contribution in [0.4, 0.5) is 5.69 Å². The third kappa shape index (κ3) is 3.36. The van der Waals surface area contributed by atoms with Gasteiger partial charge in [-0.3, -0.25) is 0 Å². The molecule has 2 N–H and O–H groups in total. The maximum absolute atomic E-state index is 5.83. The van der Waals surface area contributed by atoms with Crippen molar-refractivity contribution in [2.45, 2.75) is 25.3 Å². The Morgan fingerprint density at radius 1 is 1.40 bits per heavy atom. The normalized spacial score (nSPS) is 22.1. The summed E-state index contributed by atoms with van der Waals surface area (Å²) in [6.45, 7) is 2.23. The van der Waals surface area contributed by atoms with Crippen molar-refractivity contribution in [1.29, 1.82) is 0 Å². The lowest BCUT2D eigenvalue weighted by atomic mass is 10.1. The van der Waals surface area contributed by atoms with Gasteiger partial charge in [0.2, 0.25) is 0 Å². The number of nitrogens with zero attached hydrogens (tertiary/aromatic N) is 1. The van der Waals surface area contributed by atoms with Crippen LogP contribution >= 0.6 is 11.6 Å². The number of rotatable bonds is 2. The van der Waals surface area contributed by atoms with Crippen LogP contribution in [0.5, 0.6) is 0 Å². The number of anilines is 1. The van der Waals surface area contributed by atoms with E-state index in [1.807, 2.05) is 12.1 Å². The zero-order chi connectivity index (χ0) is 10.5. The minimum atomic E-state index is 0.548. The van der Waals surface area contributed by atoms with Gasteiger partial charge < -0.3 is 10.6 Å². The van der Waals surface area contributed by atoms with Gasteiger partial charge in [-0.15, -0.1) is 0 Å². The number of pyridine rings is 1. The summed E-state index contributed by atoms with van der Waals surface area (Å²) in [6.07, 6.45) is 5.35. The van der Waals surface area contributed by atoms with Gasteiger partial charge in [-0.25, -0.2) is 4.98 Å². The van der Waals surface area contributed by atoms with Gasteiger partial charge in [0.15, 0.2) is 0 Å². The van der Waals surface area contributed by atoms with Gasteiger partial charge in [-0.05, 0) is 44.5 Å². The summed E-state index contributed by atoms with van der Waals surface area (Å²) in [5.74, 6) is 0. The second-order valence-electron chi connectivity index (χ2n) is 3.89. The predicted octanol–water partition coefficient (Wildman–Crippen LogP) is 2.29. The van der Waals surface area contributed by atoms with E-state index >= 15 is 0 Å². The molecule has 0 spiro atoms. The fourth-order valence-corrected chi connectivity index (χ4v) is 2.07. The molecule has 1 unspecified atom stereocenters. The lowest BCUT2D eigenvalue weighted by Crippen LogP contribution is -2.21. The summed E-state index contributed by atoms with van der Waals surface area (Å²) in [4.78, 5) is 3.96. The van der Waals surface area contributed by atoms with Crippen molar-refractivity contribution >= 4 is 17.3 Å². The molecular formula is C11H16ClN3. The number of hydrogen-bond acceptors (Lipinski definition) is 3. The van der Waals surface area contributed by atoms with Crippen molar-refractivity contribution in [1.82, 2.24) is 10.3 Å². The quantitative estimate of drug-likeness (QED) is 0.759. The molecule has 0 bridgehead atoms. The third-order valence-corrected chi connectivity index (χ3v) is 2.88. The van der Waals surface area contributed by atoms with Crippen LogP contribution < -0.4 is 10.6 Å². The smallest absolute Gasteiger partial charge is 0.131 e. The number of hydrogen-bond donors (Lipinski definition) is 2. The van der Waals surface area contributed by atoms with E-state index in [1.54, 1.807) is 6.20 Å². The molecule has 82 valence electrons. The van der Waals surface area contributed by atoms with Crippen LogP contribution in [0.25, 0.3) is 0 Å². The fraction of sp³-hybridized carbons (Fsp3) is 0.545. The lowest BCUT2D eigenvalue weighted by Gasteiger charge is -2.17. The zero-order valence-corrected chi connectivity index (χ0v) is 9.43. The molecule has 0 amide bonds. The topological polar surface area (TPSA) is 37.0 Å². The largest absolute Gasteiger partial charge is 0.382 e. The molecule has 1 aromatic rings. The summed E-state index contributed by atoms with van der Waals surface area (Å²) in [6, 6.07) is 4.39. The van der Waals surface area contributed by atoms with Gasteiger partial charge in [0, 0.05) is 17.9 Å². The molecule has 1 saturated heterocycles. The molecule has 2 rings (SSSR count). The van der Waals surface area contributed by atoms with Crippen LogP contribution in [0.2, 0.25) is 5.15 Å². The molecule has 1 aromatic heterocycles. The second-order valence-corrected chi connectivity index (χ2v) is 4.28. The zero-order valence-electron chi connectivity index (χ0n) is 8.67. The average Bonchev–Trinajstić information content (AvgIpc) is 2.46. The maximum atomic E-state index is 5.83. The summed E-state index contributed by atoms with van der Waals surface area (Å²) >= 11 is 5.83. The molecule has 1 aliphatic rings. The Labute approximate surface area is 95.2 Å². The van der Waals surface area contributed by atoms with Crippen LogP contribution in [0.3, 0.4) is 0 Å². The van der Waals surface area contributed by atoms with E-state index < -0.39 is 0 Å². The monoisotopic (exact) mass is 225 g/mol. The van der Waals surface area contributed by atoms with Crippen molar-refractivity contribution in [3.05, 3.63) is 23.5 Å². The first kappa shape index (κ1) is 10.7.